The molecule has 2 nitrogen and oxygen atoms in total. The highest BCUT2D eigenvalue weighted by Gasteiger charge is 2.25. The number of nitrogens with two attached hydrogens (primary N) is 1. The van der Waals surface area contributed by atoms with E-state index in [2.05, 4.69) is 19.2 Å². The Labute approximate surface area is 102 Å². The van der Waals surface area contributed by atoms with E-state index in [4.69, 9.17) is 5.73 Å². The highest BCUT2D eigenvalue weighted by molar-refractivity contribution is 4.65. The molecule has 1 unspecified atom stereocenters. The van der Waals surface area contributed by atoms with E-state index in [0.29, 0.717) is 24.9 Å². The molecular weight excluding hydrogens is 229 g/mol. The van der Waals surface area contributed by atoms with E-state index in [1.54, 1.807) is 0 Å². The van der Waals surface area contributed by atoms with E-state index in [-0.39, 0.29) is 6.54 Å². The summed E-state index contributed by atoms with van der Waals surface area (Å²) >= 11 is 0. The van der Waals surface area contributed by atoms with Gasteiger partial charge in [-0.2, -0.15) is 13.2 Å². The van der Waals surface area contributed by atoms with Crippen molar-refractivity contribution in [1.29, 1.82) is 0 Å². The number of hydrogen-bond donors (Lipinski definition) is 2. The third kappa shape index (κ3) is 10.6. The Bertz CT molecular complexity index is 181. The molecule has 0 saturated heterocycles. The number of hydrogen-bond acceptors (Lipinski definition) is 2. The third-order valence-electron chi connectivity index (χ3n) is 2.99. The molecule has 0 spiro atoms. The predicted octanol–water partition coefficient (Wildman–Crippen LogP) is 2.93. The summed E-state index contributed by atoms with van der Waals surface area (Å²) in [5, 5.41) is 2.83. The average molecular weight is 254 g/mol. The lowest BCUT2D eigenvalue weighted by Gasteiger charge is -2.20. The van der Waals surface area contributed by atoms with Gasteiger partial charge in [-0.1, -0.05) is 13.8 Å². The normalized spacial score (nSPS) is 14.3. The van der Waals surface area contributed by atoms with Crippen LogP contribution in [0.2, 0.25) is 0 Å². The monoisotopic (exact) mass is 254 g/mol. The highest BCUT2D eigenvalue weighted by Crippen LogP contribution is 2.20. The molecule has 0 aromatic rings. The van der Waals surface area contributed by atoms with Crippen LogP contribution in [0.25, 0.3) is 0 Å². The van der Waals surface area contributed by atoms with Gasteiger partial charge < -0.3 is 11.1 Å². The molecule has 0 aliphatic carbocycles. The minimum absolute atomic E-state index is 0.0206. The minimum atomic E-state index is -4.05. The van der Waals surface area contributed by atoms with Crippen LogP contribution in [0.3, 0.4) is 0 Å². The fourth-order valence-electron chi connectivity index (χ4n) is 1.87. The van der Waals surface area contributed by atoms with Crippen LogP contribution in [-0.2, 0) is 0 Å². The Hall–Kier alpha value is -0.290. The van der Waals surface area contributed by atoms with Crippen molar-refractivity contribution in [1.82, 2.24) is 5.32 Å². The van der Waals surface area contributed by atoms with Gasteiger partial charge in [-0.15, -0.1) is 0 Å². The van der Waals surface area contributed by atoms with Crippen LogP contribution < -0.4 is 11.1 Å². The molecule has 0 fully saturated rings. The van der Waals surface area contributed by atoms with Gasteiger partial charge in [0.2, 0.25) is 0 Å². The number of halogens is 3. The molecule has 0 saturated carbocycles. The first kappa shape index (κ1) is 16.7. The number of rotatable bonds is 9. The summed E-state index contributed by atoms with van der Waals surface area (Å²) in [6, 6.07) is 0. The average Bonchev–Trinajstić information content (AvgIpc) is 2.19. The molecule has 3 N–H and O–H groups in total. The second-order valence-electron chi connectivity index (χ2n) is 4.84. The van der Waals surface area contributed by atoms with Crippen LogP contribution >= 0.6 is 0 Å². The van der Waals surface area contributed by atoms with Crippen LogP contribution in [0.1, 0.15) is 39.5 Å². The molecule has 104 valence electrons. The van der Waals surface area contributed by atoms with Crippen molar-refractivity contribution in [2.75, 3.05) is 19.6 Å². The third-order valence-corrected chi connectivity index (χ3v) is 2.99. The topological polar surface area (TPSA) is 38.0 Å². The molecule has 0 amide bonds. The zero-order chi connectivity index (χ0) is 13.3. The first-order chi connectivity index (χ1) is 7.87. The van der Waals surface area contributed by atoms with E-state index in [1.165, 1.54) is 0 Å². The van der Waals surface area contributed by atoms with Crippen molar-refractivity contribution >= 4 is 0 Å². The predicted molar refractivity (Wildman–Crippen MR) is 64.8 cm³/mol. The number of alkyl halides is 3. The fourth-order valence-corrected chi connectivity index (χ4v) is 1.87. The van der Waals surface area contributed by atoms with Crippen molar-refractivity contribution in [3.05, 3.63) is 0 Å². The Balaban J connectivity index is 3.49. The largest absolute Gasteiger partial charge is 0.390 e. The van der Waals surface area contributed by atoms with Crippen molar-refractivity contribution in [3.63, 3.8) is 0 Å². The molecule has 0 aromatic carbocycles. The van der Waals surface area contributed by atoms with Gasteiger partial charge in [-0.25, -0.2) is 0 Å². The second-order valence-corrected chi connectivity index (χ2v) is 4.84. The molecule has 0 rings (SSSR count). The van der Waals surface area contributed by atoms with Crippen molar-refractivity contribution in [3.8, 4) is 0 Å². The van der Waals surface area contributed by atoms with E-state index in [9.17, 15) is 13.2 Å². The van der Waals surface area contributed by atoms with Crippen LogP contribution in [0, 0.1) is 11.8 Å². The molecule has 5 heteroatoms. The summed E-state index contributed by atoms with van der Waals surface area (Å²) in [5.74, 6) is 1.18. The van der Waals surface area contributed by atoms with Crippen molar-refractivity contribution < 1.29 is 13.2 Å². The maximum atomic E-state index is 11.8. The Morgan fingerprint density at radius 2 is 1.76 bits per heavy atom. The van der Waals surface area contributed by atoms with Crippen molar-refractivity contribution in [2.24, 2.45) is 17.6 Å². The molecule has 0 aromatic heterocycles. The van der Waals surface area contributed by atoms with Gasteiger partial charge >= 0.3 is 6.18 Å². The molecule has 0 aliphatic rings. The maximum absolute atomic E-state index is 11.8. The quantitative estimate of drug-likeness (QED) is 0.621. The summed E-state index contributed by atoms with van der Waals surface area (Å²) in [6.07, 6.45) is -1.84. The van der Waals surface area contributed by atoms with Gasteiger partial charge in [0.1, 0.15) is 0 Å². The minimum Gasteiger partial charge on any atom is -0.330 e. The molecule has 17 heavy (non-hydrogen) atoms. The summed E-state index contributed by atoms with van der Waals surface area (Å²) in [5.41, 5.74) is 5.53. The van der Waals surface area contributed by atoms with E-state index in [1.807, 2.05) is 0 Å². The SMILES string of the molecule is CC(C)C(CCN)CCCNCCC(F)(F)F. The van der Waals surface area contributed by atoms with Gasteiger partial charge in [0.05, 0.1) is 6.42 Å². The van der Waals surface area contributed by atoms with Gasteiger partial charge in [-0.3, -0.25) is 0 Å². The molecule has 0 aliphatic heterocycles. The van der Waals surface area contributed by atoms with Crippen LogP contribution in [0.15, 0.2) is 0 Å². The first-order valence-corrected chi connectivity index (χ1v) is 6.34. The Kier molecular flexibility index (Phi) is 8.60. The zero-order valence-electron chi connectivity index (χ0n) is 10.8. The lowest BCUT2D eigenvalue weighted by Crippen LogP contribution is -2.23. The van der Waals surface area contributed by atoms with Gasteiger partial charge in [0.25, 0.3) is 0 Å². The van der Waals surface area contributed by atoms with E-state index < -0.39 is 12.6 Å². The number of nitrogens with one attached hydrogen (secondary N) is 1. The van der Waals surface area contributed by atoms with E-state index >= 15 is 0 Å². The fraction of sp³-hybridized carbons (Fsp3) is 1.00. The molecule has 0 heterocycles. The summed E-state index contributed by atoms with van der Waals surface area (Å²) in [4.78, 5) is 0. The lowest BCUT2D eigenvalue weighted by atomic mass is 9.88. The zero-order valence-corrected chi connectivity index (χ0v) is 10.8. The smallest absolute Gasteiger partial charge is 0.330 e. The molecule has 0 radical (unpaired) electrons. The maximum Gasteiger partial charge on any atom is 0.390 e. The Morgan fingerprint density at radius 3 is 2.24 bits per heavy atom. The molecular formula is C12H25F3N2. The van der Waals surface area contributed by atoms with Gasteiger partial charge in [-0.05, 0) is 44.2 Å². The first-order valence-electron chi connectivity index (χ1n) is 6.34. The van der Waals surface area contributed by atoms with E-state index in [0.717, 1.165) is 19.3 Å². The van der Waals surface area contributed by atoms with Gasteiger partial charge in [0.15, 0.2) is 0 Å². The molecule has 0 bridgehead atoms. The van der Waals surface area contributed by atoms with Crippen LogP contribution in [-0.4, -0.2) is 25.8 Å². The summed E-state index contributed by atoms with van der Waals surface area (Å²) in [6.45, 7) is 5.69. The summed E-state index contributed by atoms with van der Waals surface area (Å²) in [7, 11) is 0. The standard InChI is InChI=1S/C12H25F3N2/c1-10(2)11(5-7-16)4-3-8-17-9-6-12(13,14)15/h10-11,17H,3-9,16H2,1-2H3. The highest BCUT2D eigenvalue weighted by atomic mass is 19.4. The second kappa shape index (κ2) is 8.75. The molecule has 1 atom stereocenters. The lowest BCUT2D eigenvalue weighted by molar-refractivity contribution is -0.133. The van der Waals surface area contributed by atoms with Crippen molar-refractivity contribution in [2.45, 2.75) is 45.7 Å². The summed E-state index contributed by atoms with van der Waals surface area (Å²) < 4.78 is 35.5. The van der Waals surface area contributed by atoms with Gasteiger partial charge in [0, 0.05) is 6.54 Å². The van der Waals surface area contributed by atoms with Crippen LogP contribution in [0.5, 0.6) is 0 Å². The Morgan fingerprint density at radius 1 is 1.12 bits per heavy atom. The van der Waals surface area contributed by atoms with Crippen LogP contribution in [0.4, 0.5) is 13.2 Å².